The maximum atomic E-state index is 10.9. The number of thiophene rings is 1. The summed E-state index contributed by atoms with van der Waals surface area (Å²) in [6.07, 6.45) is 0.812. The van der Waals surface area contributed by atoms with Crippen LogP contribution in [0.4, 0.5) is 17.3 Å². The first kappa shape index (κ1) is 13.3. The second-order valence-electron chi connectivity index (χ2n) is 3.88. The highest BCUT2D eigenvalue weighted by atomic mass is 32.1. The van der Waals surface area contributed by atoms with Crippen LogP contribution in [0.15, 0.2) is 29.0 Å². The molecule has 2 aromatic heterocycles. The molecule has 2 N–H and O–H groups in total. The van der Waals surface area contributed by atoms with Crippen molar-refractivity contribution in [2.75, 3.05) is 24.2 Å². The SMILES string of the molecule is CNc1ccc([N+](=O)[O-])c(NCCc2ccsc2)n1. The highest BCUT2D eigenvalue weighted by molar-refractivity contribution is 7.07. The van der Waals surface area contributed by atoms with E-state index >= 15 is 0 Å². The van der Waals surface area contributed by atoms with Crippen molar-refractivity contribution in [3.63, 3.8) is 0 Å². The molecule has 0 atom stereocenters. The van der Waals surface area contributed by atoms with Crippen LogP contribution in [-0.4, -0.2) is 23.5 Å². The molecule has 0 spiro atoms. The van der Waals surface area contributed by atoms with Crippen molar-refractivity contribution < 1.29 is 4.92 Å². The predicted molar refractivity (Wildman–Crippen MR) is 77.0 cm³/mol. The van der Waals surface area contributed by atoms with E-state index in [2.05, 4.69) is 21.0 Å². The summed E-state index contributed by atoms with van der Waals surface area (Å²) in [6, 6.07) is 5.08. The van der Waals surface area contributed by atoms with Crippen molar-refractivity contribution in [2.45, 2.75) is 6.42 Å². The minimum absolute atomic E-state index is 0.00989. The van der Waals surface area contributed by atoms with Gasteiger partial charge in [-0.15, -0.1) is 0 Å². The lowest BCUT2D eigenvalue weighted by atomic mass is 10.2. The Bertz CT molecular complexity index is 557. The smallest absolute Gasteiger partial charge is 0.311 e. The van der Waals surface area contributed by atoms with E-state index in [0.29, 0.717) is 18.2 Å². The van der Waals surface area contributed by atoms with Crippen molar-refractivity contribution in [3.05, 3.63) is 44.6 Å². The van der Waals surface area contributed by atoms with Crippen molar-refractivity contribution in [1.29, 1.82) is 0 Å². The topological polar surface area (TPSA) is 80.1 Å². The first-order valence-corrected chi connectivity index (χ1v) is 6.73. The predicted octanol–water partition coefficient (Wildman–Crippen LogP) is 2.75. The zero-order valence-electron chi connectivity index (χ0n) is 10.4. The standard InChI is InChI=1S/C12H14N4O2S/c1-13-11-3-2-10(16(17)18)12(15-11)14-6-4-9-5-7-19-8-9/h2-3,5,7-8H,4,6H2,1H3,(H2,13,14,15). The molecule has 0 unspecified atom stereocenters. The Morgan fingerprint density at radius 1 is 1.42 bits per heavy atom. The highest BCUT2D eigenvalue weighted by Crippen LogP contribution is 2.23. The Balaban J connectivity index is 2.06. The molecule has 0 aliphatic carbocycles. The van der Waals surface area contributed by atoms with Crippen LogP contribution in [0.25, 0.3) is 0 Å². The van der Waals surface area contributed by atoms with Crippen LogP contribution >= 0.6 is 11.3 Å². The molecule has 0 aliphatic rings. The van der Waals surface area contributed by atoms with Crippen molar-refractivity contribution >= 4 is 28.7 Å². The summed E-state index contributed by atoms with van der Waals surface area (Å²) in [4.78, 5) is 14.7. The maximum absolute atomic E-state index is 10.9. The minimum Gasteiger partial charge on any atom is -0.373 e. The van der Waals surface area contributed by atoms with E-state index < -0.39 is 4.92 Å². The van der Waals surface area contributed by atoms with Crippen LogP contribution in [0.5, 0.6) is 0 Å². The number of aromatic nitrogens is 1. The Morgan fingerprint density at radius 3 is 2.89 bits per heavy atom. The molecule has 2 heterocycles. The largest absolute Gasteiger partial charge is 0.373 e. The fourth-order valence-electron chi connectivity index (χ4n) is 1.63. The van der Waals surface area contributed by atoms with E-state index in [0.717, 1.165) is 6.42 Å². The maximum Gasteiger partial charge on any atom is 0.311 e. The number of nitrogens with zero attached hydrogens (tertiary/aromatic N) is 2. The number of hydrogen-bond acceptors (Lipinski definition) is 6. The van der Waals surface area contributed by atoms with Gasteiger partial charge in [-0.3, -0.25) is 10.1 Å². The van der Waals surface area contributed by atoms with Gasteiger partial charge in [-0.05, 0) is 34.9 Å². The van der Waals surface area contributed by atoms with Crippen LogP contribution in [0.3, 0.4) is 0 Å². The zero-order valence-corrected chi connectivity index (χ0v) is 11.2. The van der Waals surface area contributed by atoms with Crippen LogP contribution in [0.1, 0.15) is 5.56 Å². The third-order valence-corrected chi connectivity index (χ3v) is 3.35. The molecule has 0 bridgehead atoms. The molecule has 100 valence electrons. The first-order valence-electron chi connectivity index (χ1n) is 5.79. The summed E-state index contributed by atoms with van der Waals surface area (Å²) in [5.41, 5.74) is 1.20. The van der Waals surface area contributed by atoms with E-state index in [1.807, 2.05) is 11.4 Å². The number of nitrogens with one attached hydrogen (secondary N) is 2. The summed E-state index contributed by atoms with van der Waals surface area (Å²) in [7, 11) is 1.73. The van der Waals surface area contributed by atoms with Gasteiger partial charge in [0.15, 0.2) is 0 Å². The second-order valence-corrected chi connectivity index (χ2v) is 4.66. The monoisotopic (exact) mass is 278 g/mol. The molecule has 7 heteroatoms. The lowest BCUT2D eigenvalue weighted by molar-refractivity contribution is -0.384. The molecular formula is C12H14N4O2S. The van der Waals surface area contributed by atoms with Gasteiger partial charge in [0, 0.05) is 19.7 Å². The molecule has 19 heavy (non-hydrogen) atoms. The Hall–Kier alpha value is -2.15. The summed E-state index contributed by atoms with van der Waals surface area (Å²) in [5.74, 6) is 0.899. The van der Waals surface area contributed by atoms with E-state index in [-0.39, 0.29) is 5.69 Å². The molecule has 0 radical (unpaired) electrons. The van der Waals surface area contributed by atoms with E-state index in [1.54, 1.807) is 24.5 Å². The number of rotatable bonds is 6. The fraction of sp³-hybridized carbons (Fsp3) is 0.250. The van der Waals surface area contributed by atoms with Gasteiger partial charge in [0.1, 0.15) is 5.82 Å². The molecule has 0 aliphatic heterocycles. The van der Waals surface area contributed by atoms with Gasteiger partial charge < -0.3 is 10.6 Å². The molecule has 2 rings (SSSR count). The van der Waals surface area contributed by atoms with Crippen LogP contribution in [0, 0.1) is 10.1 Å². The average Bonchev–Trinajstić information content (AvgIpc) is 2.91. The summed E-state index contributed by atoms with van der Waals surface area (Å²) in [5, 5.41) is 20.9. The van der Waals surface area contributed by atoms with Gasteiger partial charge in [0.25, 0.3) is 0 Å². The number of anilines is 2. The molecule has 2 aromatic rings. The molecule has 0 fully saturated rings. The van der Waals surface area contributed by atoms with Gasteiger partial charge >= 0.3 is 5.69 Å². The van der Waals surface area contributed by atoms with E-state index in [9.17, 15) is 10.1 Å². The van der Waals surface area contributed by atoms with E-state index in [1.165, 1.54) is 11.6 Å². The lowest BCUT2D eigenvalue weighted by Crippen LogP contribution is -2.09. The molecule has 6 nitrogen and oxygen atoms in total. The third-order valence-electron chi connectivity index (χ3n) is 2.61. The van der Waals surface area contributed by atoms with Crippen molar-refractivity contribution in [2.24, 2.45) is 0 Å². The summed E-state index contributed by atoms with van der Waals surface area (Å²) < 4.78 is 0. The molecule has 0 saturated carbocycles. The average molecular weight is 278 g/mol. The highest BCUT2D eigenvalue weighted by Gasteiger charge is 2.15. The number of pyridine rings is 1. The second kappa shape index (κ2) is 6.14. The Morgan fingerprint density at radius 2 is 2.26 bits per heavy atom. The van der Waals surface area contributed by atoms with Crippen LogP contribution < -0.4 is 10.6 Å². The van der Waals surface area contributed by atoms with Gasteiger partial charge in [-0.1, -0.05) is 0 Å². The van der Waals surface area contributed by atoms with Crippen molar-refractivity contribution in [1.82, 2.24) is 4.98 Å². The first-order chi connectivity index (χ1) is 9.20. The summed E-state index contributed by atoms with van der Waals surface area (Å²) in [6.45, 7) is 0.609. The van der Waals surface area contributed by atoms with E-state index in [4.69, 9.17) is 0 Å². The quantitative estimate of drug-likeness (QED) is 0.627. The molecule has 0 amide bonds. The van der Waals surface area contributed by atoms with Gasteiger partial charge in [0.05, 0.1) is 4.92 Å². The minimum atomic E-state index is -0.431. The fourth-order valence-corrected chi connectivity index (χ4v) is 2.33. The third kappa shape index (κ3) is 3.41. The number of nitro groups is 1. The Labute approximate surface area is 114 Å². The zero-order chi connectivity index (χ0) is 13.7. The number of hydrogen-bond donors (Lipinski definition) is 2. The molecule has 0 aromatic carbocycles. The van der Waals surface area contributed by atoms with Gasteiger partial charge in [-0.25, -0.2) is 4.98 Å². The Kier molecular flexibility index (Phi) is 4.30. The van der Waals surface area contributed by atoms with Crippen LogP contribution in [-0.2, 0) is 6.42 Å². The summed E-state index contributed by atoms with van der Waals surface area (Å²) >= 11 is 1.64. The normalized spacial score (nSPS) is 10.2. The molecular weight excluding hydrogens is 264 g/mol. The van der Waals surface area contributed by atoms with Crippen molar-refractivity contribution in [3.8, 4) is 0 Å². The van der Waals surface area contributed by atoms with Gasteiger partial charge in [-0.2, -0.15) is 11.3 Å². The van der Waals surface area contributed by atoms with Crippen LogP contribution in [0.2, 0.25) is 0 Å². The lowest BCUT2D eigenvalue weighted by Gasteiger charge is -2.07. The van der Waals surface area contributed by atoms with Gasteiger partial charge in [0.2, 0.25) is 5.82 Å². The molecule has 0 saturated heterocycles.